The number of rotatable bonds is 6. The molecule has 0 radical (unpaired) electrons. The third-order valence-corrected chi connectivity index (χ3v) is 6.87. The number of hydrogen-bond acceptors (Lipinski definition) is 5. The molecule has 0 unspecified atom stereocenters. The van der Waals surface area contributed by atoms with E-state index in [0.717, 1.165) is 69.8 Å². The van der Waals surface area contributed by atoms with Gasteiger partial charge in [-0.25, -0.2) is 4.98 Å². The quantitative estimate of drug-likeness (QED) is 0.807. The van der Waals surface area contributed by atoms with Gasteiger partial charge in [0.25, 0.3) is 10.2 Å². The lowest BCUT2D eigenvalue weighted by Crippen LogP contribution is -2.46. The van der Waals surface area contributed by atoms with Crippen molar-refractivity contribution in [1.82, 2.24) is 18.9 Å². The highest BCUT2D eigenvalue weighted by atomic mass is 32.2. The van der Waals surface area contributed by atoms with E-state index < -0.39 is 10.2 Å². The SMILES string of the molecule is CCN1CCN(c2ccc(CNS(=O)(=O)N3CCCCCC3)cn2)CC1. The molecule has 0 aromatic carbocycles. The third kappa shape index (κ3) is 5.16. The van der Waals surface area contributed by atoms with Crippen LogP contribution < -0.4 is 9.62 Å². The summed E-state index contributed by atoms with van der Waals surface area (Å²) in [7, 11) is -3.40. The second-order valence-corrected chi connectivity index (χ2v) is 8.84. The van der Waals surface area contributed by atoms with Crippen LogP contribution in [0.3, 0.4) is 0 Å². The Kier molecular flexibility index (Phi) is 6.86. The lowest BCUT2D eigenvalue weighted by atomic mass is 10.2. The Morgan fingerprint density at radius 2 is 1.69 bits per heavy atom. The largest absolute Gasteiger partial charge is 0.354 e. The minimum Gasteiger partial charge on any atom is -0.354 e. The van der Waals surface area contributed by atoms with Gasteiger partial charge in [0.05, 0.1) is 0 Å². The van der Waals surface area contributed by atoms with Crippen LogP contribution in [0.5, 0.6) is 0 Å². The summed E-state index contributed by atoms with van der Waals surface area (Å²) in [6, 6.07) is 3.97. The van der Waals surface area contributed by atoms with Gasteiger partial charge in [0.2, 0.25) is 0 Å². The van der Waals surface area contributed by atoms with Crippen molar-refractivity contribution in [2.45, 2.75) is 39.2 Å². The molecule has 0 amide bonds. The van der Waals surface area contributed by atoms with Crippen molar-refractivity contribution in [2.75, 3.05) is 50.7 Å². The van der Waals surface area contributed by atoms with Crippen molar-refractivity contribution in [1.29, 1.82) is 0 Å². The van der Waals surface area contributed by atoms with Crippen molar-refractivity contribution < 1.29 is 8.42 Å². The van der Waals surface area contributed by atoms with E-state index in [-0.39, 0.29) is 6.54 Å². The average molecular weight is 382 g/mol. The molecule has 2 aliphatic rings. The molecule has 8 heteroatoms. The molecule has 2 saturated heterocycles. The van der Waals surface area contributed by atoms with Crippen molar-refractivity contribution in [3.63, 3.8) is 0 Å². The van der Waals surface area contributed by atoms with Gasteiger partial charge in [-0.15, -0.1) is 0 Å². The fourth-order valence-electron chi connectivity index (χ4n) is 3.55. The third-order valence-electron chi connectivity index (χ3n) is 5.32. The molecule has 2 aliphatic heterocycles. The number of pyridine rings is 1. The van der Waals surface area contributed by atoms with Crippen molar-refractivity contribution in [3.05, 3.63) is 23.9 Å². The van der Waals surface area contributed by atoms with E-state index in [4.69, 9.17) is 0 Å². The van der Waals surface area contributed by atoms with Crippen molar-refractivity contribution >= 4 is 16.0 Å². The van der Waals surface area contributed by atoms with Gasteiger partial charge in [-0.3, -0.25) is 0 Å². The lowest BCUT2D eigenvalue weighted by Gasteiger charge is -2.34. The predicted octanol–water partition coefficient (Wildman–Crippen LogP) is 1.43. The highest BCUT2D eigenvalue weighted by Crippen LogP contribution is 2.15. The van der Waals surface area contributed by atoms with Crippen molar-refractivity contribution in [2.24, 2.45) is 0 Å². The molecule has 1 aromatic rings. The van der Waals surface area contributed by atoms with Crippen LogP contribution in [0.25, 0.3) is 0 Å². The zero-order valence-electron chi connectivity index (χ0n) is 15.7. The Morgan fingerprint density at radius 3 is 2.27 bits per heavy atom. The van der Waals surface area contributed by atoms with Crippen LogP contribution in [-0.4, -0.2) is 68.4 Å². The number of nitrogens with one attached hydrogen (secondary N) is 1. The zero-order chi connectivity index (χ0) is 18.4. The van der Waals surface area contributed by atoms with Gasteiger partial charge < -0.3 is 9.80 Å². The monoisotopic (exact) mass is 381 g/mol. The van der Waals surface area contributed by atoms with Gasteiger partial charge in [0.15, 0.2) is 0 Å². The van der Waals surface area contributed by atoms with Crippen LogP contribution in [0.2, 0.25) is 0 Å². The van der Waals surface area contributed by atoms with Gasteiger partial charge in [0.1, 0.15) is 5.82 Å². The van der Waals surface area contributed by atoms with Crippen LogP contribution >= 0.6 is 0 Å². The van der Waals surface area contributed by atoms with E-state index in [1.807, 2.05) is 12.1 Å². The van der Waals surface area contributed by atoms with Gasteiger partial charge in [-0.2, -0.15) is 17.4 Å². The number of likely N-dealkylation sites (N-methyl/N-ethyl adjacent to an activating group) is 1. The minimum atomic E-state index is -3.40. The molecular formula is C18H31N5O2S. The van der Waals surface area contributed by atoms with Gasteiger partial charge in [-0.1, -0.05) is 25.8 Å². The molecule has 146 valence electrons. The molecule has 0 saturated carbocycles. The van der Waals surface area contributed by atoms with E-state index >= 15 is 0 Å². The average Bonchev–Trinajstić information content (AvgIpc) is 2.97. The topological polar surface area (TPSA) is 68.8 Å². The Hall–Kier alpha value is -1.22. The second-order valence-electron chi connectivity index (χ2n) is 7.09. The molecule has 3 rings (SSSR count). The molecule has 0 bridgehead atoms. The summed E-state index contributed by atoms with van der Waals surface area (Å²) >= 11 is 0. The predicted molar refractivity (Wildman–Crippen MR) is 104 cm³/mol. The first-order chi connectivity index (χ1) is 12.6. The van der Waals surface area contributed by atoms with Gasteiger partial charge in [-0.05, 0) is 31.0 Å². The van der Waals surface area contributed by atoms with Crippen LogP contribution in [0, 0.1) is 0 Å². The number of nitrogens with zero attached hydrogens (tertiary/aromatic N) is 4. The smallest absolute Gasteiger partial charge is 0.279 e. The van der Waals surface area contributed by atoms with Gasteiger partial charge in [0, 0.05) is 52.0 Å². The Morgan fingerprint density at radius 1 is 1.00 bits per heavy atom. The highest BCUT2D eigenvalue weighted by Gasteiger charge is 2.22. The Balaban J connectivity index is 1.52. The van der Waals surface area contributed by atoms with Crippen LogP contribution in [0.15, 0.2) is 18.3 Å². The second kappa shape index (κ2) is 9.12. The maximum absolute atomic E-state index is 12.5. The van der Waals surface area contributed by atoms with E-state index in [1.54, 1.807) is 10.5 Å². The van der Waals surface area contributed by atoms with E-state index in [2.05, 4.69) is 26.4 Å². The number of anilines is 1. The molecule has 0 spiro atoms. The maximum atomic E-state index is 12.5. The molecule has 3 heterocycles. The first kappa shape index (κ1) is 19.5. The van der Waals surface area contributed by atoms with Crippen molar-refractivity contribution in [3.8, 4) is 0 Å². The number of aromatic nitrogens is 1. The first-order valence-corrected chi connectivity index (χ1v) is 11.2. The summed E-state index contributed by atoms with van der Waals surface area (Å²) < 4.78 is 29.2. The van der Waals surface area contributed by atoms with E-state index in [9.17, 15) is 8.42 Å². The summed E-state index contributed by atoms with van der Waals surface area (Å²) in [5, 5.41) is 0. The summed E-state index contributed by atoms with van der Waals surface area (Å²) in [6.45, 7) is 8.92. The standard InChI is InChI=1S/C18H31N5O2S/c1-2-21-11-13-22(14-12-21)18-8-7-17(15-19-18)16-20-26(24,25)23-9-5-3-4-6-10-23/h7-8,15,20H,2-6,9-14,16H2,1H3. The van der Waals surface area contributed by atoms with E-state index in [1.165, 1.54) is 0 Å². The highest BCUT2D eigenvalue weighted by molar-refractivity contribution is 7.87. The Labute approximate surface area is 157 Å². The molecule has 2 fully saturated rings. The lowest BCUT2D eigenvalue weighted by molar-refractivity contribution is 0.270. The number of piperazine rings is 1. The first-order valence-electron chi connectivity index (χ1n) is 9.75. The zero-order valence-corrected chi connectivity index (χ0v) is 16.5. The van der Waals surface area contributed by atoms with Gasteiger partial charge >= 0.3 is 0 Å². The minimum absolute atomic E-state index is 0.287. The summed E-state index contributed by atoms with van der Waals surface area (Å²) in [5.74, 6) is 0.972. The molecule has 0 atom stereocenters. The molecule has 1 N–H and O–H groups in total. The normalized spacial score (nSPS) is 20.9. The molecular weight excluding hydrogens is 350 g/mol. The molecule has 1 aromatic heterocycles. The summed E-state index contributed by atoms with van der Waals surface area (Å²) in [6.07, 6.45) is 5.91. The summed E-state index contributed by atoms with van der Waals surface area (Å²) in [4.78, 5) is 9.26. The summed E-state index contributed by atoms with van der Waals surface area (Å²) in [5.41, 5.74) is 0.888. The molecule has 7 nitrogen and oxygen atoms in total. The fourth-order valence-corrected chi connectivity index (χ4v) is 4.82. The number of hydrogen-bond donors (Lipinski definition) is 1. The van der Waals surface area contributed by atoms with Crippen LogP contribution in [0.4, 0.5) is 5.82 Å². The van der Waals surface area contributed by atoms with Crippen LogP contribution in [-0.2, 0) is 16.8 Å². The Bertz CT molecular complexity index is 649. The fraction of sp³-hybridized carbons (Fsp3) is 0.722. The van der Waals surface area contributed by atoms with Crippen LogP contribution in [0.1, 0.15) is 38.2 Å². The molecule has 0 aliphatic carbocycles. The van der Waals surface area contributed by atoms with E-state index in [0.29, 0.717) is 13.1 Å². The maximum Gasteiger partial charge on any atom is 0.279 e. The molecule has 26 heavy (non-hydrogen) atoms.